The molecule has 0 spiro atoms. The van der Waals surface area contributed by atoms with Crippen molar-refractivity contribution in [3.8, 4) is 6.07 Å². The number of nitrogens with zero attached hydrogens (tertiary/aromatic N) is 2. The third kappa shape index (κ3) is 2.87. The molecule has 0 aromatic carbocycles. The van der Waals surface area contributed by atoms with E-state index in [2.05, 4.69) is 10.3 Å². The lowest BCUT2D eigenvalue weighted by atomic mass is 10.2. The van der Waals surface area contributed by atoms with E-state index in [1.807, 2.05) is 24.3 Å². The first kappa shape index (κ1) is 10.2. The van der Waals surface area contributed by atoms with Gasteiger partial charge in [0.2, 0.25) is 5.91 Å². The molecule has 0 aliphatic heterocycles. The summed E-state index contributed by atoms with van der Waals surface area (Å²) < 4.78 is 0. The summed E-state index contributed by atoms with van der Waals surface area (Å²) >= 11 is 0. The summed E-state index contributed by atoms with van der Waals surface area (Å²) in [5, 5.41) is 11.1. The van der Waals surface area contributed by atoms with Gasteiger partial charge in [0, 0.05) is 6.20 Å². The number of pyridine rings is 1. The molecule has 1 aromatic rings. The van der Waals surface area contributed by atoms with Crippen LogP contribution in [0.25, 0.3) is 0 Å². The van der Waals surface area contributed by atoms with Crippen molar-refractivity contribution in [1.82, 2.24) is 10.3 Å². The largest absolute Gasteiger partial charge is 0.349 e. The summed E-state index contributed by atoms with van der Waals surface area (Å²) in [7, 11) is 0. The molecule has 0 aliphatic rings. The van der Waals surface area contributed by atoms with E-state index in [0.29, 0.717) is 6.54 Å². The Morgan fingerprint density at radius 2 is 2.50 bits per heavy atom. The monoisotopic (exact) mass is 189 g/mol. The Hall–Kier alpha value is -1.89. The third-order valence-electron chi connectivity index (χ3n) is 1.76. The first-order valence-corrected chi connectivity index (χ1v) is 4.31. The standard InChI is InChI=1S/C10H11N3O/c1-8(6-11)10(14)13-7-9-4-2-3-5-12-9/h2-5,8H,7H2,1H3,(H,13,14). The van der Waals surface area contributed by atoms with Crippen LogP contribution >= 0.6 is 0 Å². The number of rotatable bonds is 3. The number of carbonyl (C=O) groups is 1. The summed E-state index contributed by atoms with van der Waals surface area (Å²) in [4.78, 5) is 15.2. The van der Waals surface area contributed by atoms with Crippen LogP contribution in [0, 0.1) is 17.2 Å². The summed E-state index contributed by atoms with van der Waals surface area (Å²) in [6.45, 7) is 1.93. The number of nitriles is 1. The molecule has 0 radical (unpaired) electrons. The highest BCUT2D eigenvalue weighted by Crippen LogP contribution is 1.95. The van der Waals surface area contributed by atoms with Gasteiger partial charge in [0.25, 0.3) is 0 Å². The van der Waals surface area contributed by atoms with Crippen LogP contribution in [0.15, 0.2) is 24.4 Å². The average Bonchev–Trinajstić information content (AvgIpc) is 2.26. The summed E-state index contributed by atoms with van der Waals surface area (Å²) in [6, 6.07) is 7.34. The van der Waals surface area contributed by atoms with Crippen LogP contribution in [0.1, 0.15) is 12.6 Å². The minimum atomic E-state index is -0.612. The quantitative estimate of drug-likeness (QED) is 0.766. The molecule has 0 bridgehead atoms. The molecule has 1 heterocycles. The zero-order valence-electron chi connectivity index (χ0n) is 7.90. The molecule has 72 valence electrons. The lowest BCUT2D eigenvalue weighted by molar-refractivity contribution is -0.123. The molecule has 1 unspecified atom stereocenters. The maximum absolute atomic E-state index is 11.2. The lowest BCUT2D eigenvalue weighted by Gasteiger charge is -2.04. The Kier molecular flexibility index (Phi) is 3.62. The molecule has 0 saturated heterocycles. The second kappa shape index (κ2) is 4.97. The Morgan fingerprint density at radius 1 is 1.71 bits per heavy atom. The molecule has 0 aliphatic carbocycles. The normalized spacial score (nSPS) is 11.4. The van der Waals surface area contributed by atoms with Crippen LogP contribution < -0.4 is 5.32 Å². The van der Waals surface area contributed by atoms with Crippen molar-refractivity contribution in [3.63, 3.8) is 0 Å². The van der Waals surface area contributed by atoms with Gasteiger partial charge in [-0.05, 0) is 19.1 Å². The highest BCUT2D eigenvalue weighted by Gasteiger charge is 2.10. The Labute approximate surface area is 82.6 Å². The van der Waals surface area contributed by atoms with Crippen LogP contribution in [0.5, 0.6) is 0 Å². The molecular formula is C10H11N3O. The van der Waals surface area contributed by atoms with Gasteiger partial charge in [0.05, 0.1) is 18.3 Å². The van der Waals surface area contributed by atoms with E-state index in [9.17, 15) is 4.79 Å². The van der Waals surface area contributed by atoms with Crippen molar-refractivity contribution in [2.24, 2.45) is 5.92 Å². The van der Waals surface area contributed by atoms with Crippen molar-refractivity contribution in [2.75, 3.05) is 0 Å². The van der Waals surface area contributed by atoms with Crippen LogP contribution in [0.2, 0.25) is 0 Å². The van der Waals surface area contributed by atoms with Gasteiger partial charge in [-0.1, -0.05) is 6.07 Å². The van der Waals surface area contributed by atoms with Gasteiger partial charge in [-0.3, -0.25) is 9.78 Å². The van der Waals surface area contributed by atoms with Crippen molar-refractivity contribution in [1.29, 1.82) is 5.26 Å². The number of amides is 1. The SMILES string of the molecule is CC(C#N)C(=O)NCc1ccccn1. The van der Waals surface area contributed by atoms with E-state index < -0.39 is 5.92 Å². The first-order valence-electron chi connectivity index (χ1n) is 4.31. The zero-order chi connectivity index (χ0) is 10.4. The molecule has 1 rings (SSSR count). The molecule has 1 N–H and O–H groups in total. The Bertz CT molecular complexity index is 342. The van der Waals surface area contributed by atoms with Gasteiger partial charge < -0.3 is 5.32 Å². The van der Waals surface area contributed by atoms with Crippen molar-refractivity contribution < 1.29 is 4.79 Å². The van der Waals surface area contributed by atoms with Gasteiger partial charge in [-0.15, -0.1) is 0 Å². The molecule has 4 heteroatoms. The zero-order valence-corrected chi connectivity index (χ0v) is 7.90. The van der Waals surface area contributed by atoms with Gasteiger partial charge in [0.15, 0.2) is 0 Å². The van der Waals surface area contributed by atoms with E-state index in [1.54, 1.807) is 13.1 Å². The van der Waals surface area contributed by atoms with Crippen molar-refractivity contribution >= 4 is 5.91 Å². The molecule has 1 aromatic heterocycles. The van der Waals surface area contributed by atoms with Crippen LogP contribution in [-0.2, 0) is 11.3 Å². The lowest BCUT2D eigenvalue weighted by Crippen LogP contribution is -2.28. The fourth-order valence-corrected chi connectivity index (χ4v) is 0.892. The van der Waals surface area contributed by atoms with E-state index in [1.165, 1.54) is 0 Å². The second-order valence-corrected chi connectivity index (χ2v) is 2.89. The molecular weight excluding hydrogens is 178 g/mol. The summed E-state index contributed by atoms with van der Waals surface area (Å²) in [5.41, 5.74) is 0.783. The molecule has 1 amide bonds. The highest BCUT2D eigenvalue weighted by atomic mass is 16.1. The number of hydrogen-bond acceptors (Lipinski definition) is 3. The smallest absolute Gasteiger partial charge is 0.237 e. The van der Waals surface area contributed by atoms with Crippen molar-refractivity contribution in [3.05, 3.63) is 30.1 Å². The summed E-state index contributed by atoms with van der Waals surface area (Å²) in [5.74, 6) is -0.878. The third-order valence-corrected chi connectivity index (χ3v) is 1.76. The van der Waals surface area contributed by atoms with Gasteiger partial charge in [-0.25, -0.2) is 0 Å². The fraction of sp³-hybridized carbons (Fsp3) is 0.300. The van der Waals surface area contributed by atoms with Crippen molar-refractivity contribution in [2.45, 2.75) is 13.5 Å². The van der Waals surface area contributed by atoms with Gasteiger partial charge in [0.1, 0.15) is 5.92 Å². The number of nitrogens with one attached hydrogen (secondary N) is 1. The maximum atomic E-state index is 11.2. The van der Waals surface area contributed by atoms with Crippen LogP contribution in [0.4, 0.5) is 0 Å². The Balaban J connectivity index is 2.43. The first-order chi connectivity index (χ1) is 6.74. The molecule has 14 heavy (non-hydrogen) atoms. The molecule has 0 saturated carbocycles. The molecule has 4 nitrogen and oxygen atoms in total. The minimum Gasteiger partial charge on any atom is -0.349 e. The number of hydrogen-bond donors (Lipinski definition) is 1. The topological polar surface area (TPSA) is 65.8 Å². The summed E-state index contributed by atoms with van der Waals surface area (Å²) in [6.07, 6.45) is 1.66. The van der Waals surface area contributed by atoms with E-state index in [4.69, 9.17) is 5.26 Å². The average molecular weight is 189 g/mol. The second-order valence-electron chi connectivity index (χ2n) is 2.89. The number of carbonyl (C=O) groups excluding carboxylic acids is 1. The molecule has 1 atom stereocenters. The predicted molar refractivity (Wildman–Crippen MR) is 50.9 cm³/mol. The van der Waals surface area contributed by atoms with E-state index >= 15 is 0 Å². The van der Waals surface area contributed by atoms with Crippen LogP contribution in [0.3, 0.4) is 0 Å². The minimum absolute atomic E-state index is 0.266. The van der Waals surface area contributed by atoms with Gasteiger partial charge in [-0.2, -0.15) is 5.26 Å². The van der Waals surface area contributed by atoms with E-state index in [-0.39, 0.29) is 5.91 Å². The van der Waals surface area contributed by atoms with E-state index in [0.717, 1.165) is 5.69 Å². The maximum Gasteiger partial charge on any atom is 0.237 e. The van der Waals surface area contributed by atoms with Crippen LogP contribution in [-0.4, -0.2) is 10.9 Å². The highest BCUT2D eigenvalue weighted by molar-refractivity contribution is 5.80. The molecule has 0 fully saturated rings. The Morgan fingerprint density at radius 3 is 3.07 bits per heavy atom. The number of aromatic nitrogens is 1. The predicted octanol–water partition coefficient (Wildman–Crippen LogP) is 0.857. The van der Waals surface area contributed by atoms with Gasteiger partial charge >= 0.3 is 0 Å². The fourth-order valence-electron chi connectivity index (χ4n) is 0.892.